The predicted molar refractivity (Wildman–Crippen MR) is 61.3 cm³/mol. The summed E-state index contributed by atoms with van der Waals surface area (Å²) in [5.74, 6) is -0.0145. The third-order valence-corrected chi connectivity index (χ3v) is 2.85. The topological polar surface area (TPSA) is 60.8 Å². The van der Waals surface area contributed by atoms with Crippen LogP contribution in [0.1, 0.15) is 29.3 Å². The van der Waals surface area contributed by atoms with Crippen LogP contribution in [0.15, 0.2) is 18.2 Å². The molecule has 0 spiro atoms. The number of hydrogen-bond donors (Lipinski definition) is 2. The fourth-order valence-electron chi connectivity index (χ4n) is 2.11. The van der Waals surface area contributed by atoms with E-state index < -0.39 is 7.12 Å². The Morgan fingerprint density at radius 3 is 2.81 bits per heavy atom. The van der Waals surface area contributed by atoms with Gasteiger partial charge in [-0.05, 0) is 23.5 Å². The van der Waals surface area contributed by atoms with Crippen molar-refractivity contribution in [3.05, 3.63) is 29.3 Å². The zero-order valence-corrected chi connectivity index (χ0v) is 9.18. The summed E-state index contributed by atoms with van der Waals surface area (Å²) in [7, 11) is -1.51. The van der Waals surface area contributed by atoms with Crippen LogP contribution in [0.25, 0.3) is 0 Å². The lowest BCUT2D eigenvalue weighted by Gasteiger charge is -2.13. The Balaban J connectivity index is 2.39. The van der Waals surface area contributed by atoms with Crippen molar-refractivity contribution in [1.29, 1.82) is 0 Å². The summed E-state index contributed by atoms with van der Waals surface area (Å²) in [6, 6.07) is 5.06. The number of carbonyl (C=O) groups is 1. The molecule has 1 aromatic rings. The molecule has 2 N–H and O–H groups in total. The van der Waals surface area contributed by atoms with E-state index in [1.165, 1.54) is 0 Å². The molecule has 4 nitrogen and oxygen atoms in total. The van der Waals surface area contributed by atoms with E-state index in [4.69, 9.17) is 0 Å². The molecule has 84 valence electrons. The monoisotopic (exact) mass is 219 g/mol. The summed E-state index contributed by atoms with van der Waals surface area (Å²) >= 11 is 0. The predicted octanol–water partition coefficient (Wildman–Crippen LogP) is -0.268. The van der Waals surface area contributed by atoms with Crippen LogP contribution in [0.3, 0.4) is 0 Å². The molecule has 5 heteroatoms. The zero-order valence-electron chi connectivity index (χ0n) is 9.18. The van der Waals surface area contributed by atoms with Crippen LogP contribution in [0, 0.1) is 0 Å². The van der Waals surface area contributed by atoms with E-state index in [-0.39, 0.29) is 5.91 Å². The van der Waals surface area contributed by atoms with Crippen molar-refractivity contribution in [2.45, 2.75) is 19.9 Å². The fourth-order valence-corrected chi connectivity index (χ4v) is 2.11. The van der Waals surface area contributed by atoms with E-state index in [9.17, 15) is 14.8 Å². The highest BCUT2D eigenvalue weighted by molar-refractivity contribution is 6.59. The van der Waals surface area contributed by atoms with Gasteiger partial charge in [0.2, 0.25) is 0 Å². The Kier molecular flexibility index (Phi) is 2.98. The second kappa shape index (κ2) is 4.27. The van der Waals surface area contributed by atoms with Crippen LogP contribution in [-0.2, 0) is 6.54 Å². The number of carbonyl (C=O) groups excluding carboxylic acids is 1. The molecule has 1 aliphatic rings. The van der Waals surface area contributed by atoms with Gasteiger partial charge >= 0.3 is 7.12 Å². The van der Waals surface area contributed by atoms with Crippen LogP contribution >= 0.6 is 0 Å². The Hall–Kier alpha value is -1.33. The van der Waals surface area contributed by atoms with Crippen molar-refractivity contribution in [3.8, 4) is 0 Å². The van der Waals surface area contributed by atoms with E-state index in [2.05, 4.69) is 0 Å². The second-order valence-corrected chi connectivity index (χ2v) is 3.97. The molecule has 0 saturated carbocycles. The second-order valence-electron chi connectivity index (χ2n) is 3.97. The van der Waals surface area contributed by atoms with E-state index in [0.29, 0.717) is 24.1 Å². The van der Waals surface area contributed by atoms with Gasteiger partial charge in [-0.2, -0.15) is 0 Å². The number of amides is 1. The molecule has 2 rings (SSSR count). The van der Waals surface area contributed by atoms with Crippen LogP contribution in [0.2, 0.25) is 0 Å². The molecule has 1 aliphatic heterocycles. The summed E-state index contributed by atoms with van der Waals surface area (Å²) in [4.78, 5) is 13.7. The van der Waals surface area contributed by atoms with E-state index in [1.54, 1.807) is 23.1 Å². The summed E-state index contributed by atoms with van der Waals surface area (Å²) in [6.45, 7) is 3.20. The molecule has 0 atom stereocenters. The van der Waals surface area contributed by atoms with E-state index >= 15 is 0 Å². The van der Waals surface area contributed by atoms with E-state index in [1.807, 2.05) is 6.92 Å². The first-order valence-corrected chi connectivity index (χ1v) is 5.42. The first kappa shape index (κ1) is 11.2. The van der Waals surface area contributed by atoms with Crippen molar-refractivity contribution >= 4 is 18.5 Å². The number of benzene rings is 1. The van der Waals surface area contributed by atoms with Crippen LogP contribution in [0.5, 0.6) is 0 Å². The molecule has 16 heavy (non-hydrogen) atoms. The Labute approximate surface area is 94.7 Å². The molecule has 1 heterocycles. The first-order chi connectivity index (χ1) is 7.65. The largest absolute Gasteiger partial charge is 0.488 e. The van der Waals surface area contributed by atoms with Gasteiger partial charge in [0.1, 0.15) is 0 Å². The minimum atomic E-state index is -1.51. The van der Waals surface area contributed by atoms with Gasteiger partial charge in [0, 0.05) is 18.7 Å². The van der Waals surface area contributed by atoms with Gasteiger partial charge < -0.3 is 14.9 Å². The van der Waals surface area contributed by atoms with Crippen molar-refractivity contribution < 1.29 is 14.8 Å². The average molecular weight is 219 g/mol. The molecule has 1 aromatic carbocycles. The van der Waals surface area contributed by atoms with Crippen molar-refractivity contribution in [2.24, 2.45) is 0 Å². The molecule has 0 saturated heterocycles. The van der Waals surface area contributed by atoms with Gasteiger partial charge in [-0.1, -0.05) is 19.1 Å². The Morgan fingerprint density at radius 2 is 2.19 bits per heavy atom. The third kappa shape index (κ3) is 1.72. The van der Waals surface area contributed by atoms with Crippen molar-refractivity contribution in [1.82, 2.24) is 4.90 Å². The standard InChI is InChI=1S/C11H14BNO3/c1-2-6-13-7-9-8(11(13)14)4-3-5-10(9)12(15)16/h3-5,15-16H,2,6-7H2,1H3. The van der Waals surface area contributed by atoms with Gasteiger partial charge in [-0.15, -0.1) is 0 Å². The van der Waals surface area contributed by atoms with Gasteiger partial charge in [0.05, 0.1) is 0 Å². The maximum atomic E-state index is 11.9. The van der Waals surface area contributed by atoms with Crippen LogP contribution in [0.4, 0.5) is 0 Å². The van der Waals surface area contributed by atoms with Crippen molar-refractivity contribution in [2.75, 3.05) is 6.54 Å². The number of nitrogens with zero attached hydrogens (tertiary/aromatic N) is 1. The molecular formula is C11H14BNO3. The highest BCUT2D eigenvalue weighted by Crippen LogP contribution is 2.21. The molecule has 0 radical (unpaired) electrons. The maximum absolute atomic E-state index is 11.9. The first-order valence-electron chi connectivity index (χ1n) is 5.42. The van der Waals surface area contributed by atoms with Crippen LogP contribution < -0.4 is 5.46 Å². The lowest BCUT2D eigenvalue weighted by atomic mass is 9.76. The minimum absolute atomic E-state index is 0.0145. The quantitative estimate of drug-likeness (QED) is 0.688. The zero-order chi connectivity index (χ0) is 11.7. The Bertz CT molecular complexity index is 420. The minimum Gasteiger partial charge on any atom is -0.423 e. The number of rotatable bonds is 3. The normalized spacial score (nSPS) is 14.2. The lowest BCUT2D eigenvalue weighted by Crippen LogP contribution is -2.33. The Morgan fingerprint density at radius 1 is 1.44 bits per heavy atom. The fraction of sp³-hybridized carbons (Fsp3) is 0.364. The van der Waals surface area contributed by atoms with Gasteiger partial charge in [-0.3, -0.25) is 4.79 Å². The van der Waals surface area contributed by atoms with Gasteiger partial charge in [-0.25, -0.2) is 0 Å². The highest BCUT2D eigenvalue weighted by Gasteiger charge is 2.30. The third-order valence-electron chi connectivity index (χ3n) is 2.85. The highest BCUT2D eigenvalue weighted by atomic mass is 16.4. The summed E-state index contributed by atoms with van der Waals surface area (Å²) in [6.07, 6.45) is 0.900. The SMILES string of the molecule is CCCN1Cc2c(B(O)O)cccc2C1=O. The lowest BCUT2D eigenvalue weighted by molar-refractivity contribution is 0.0778. The summed E-state index contributed by atoms with van der Waals surface area (Å²) in [5, 5.41) is 18.4. The van der Waals surface area contributed by atoms with Gasteiger partial charge in [0.25, 0.3) is 5.91 Å². The summed E-state index contributed by atoms with van der Waals surface area (Å²) < 4.78 is 0. The summed E-state index contributed by atoms with van der Waals surface area (Å²) in [5.41, 5.74) is 1.78. The average Bonchev–Trinajstić information content (AvgIpc) is 2.57. The maximum Gasteiger partial charge on any atom is 0.488 e. The molecule has 0 fully saturated rings. The number of hydrogen-bond acceptors (Lipinski definition) is 3. The molecule has 0 unspecified atom stereocenters. The van der Waals surface area contributed by atoms with Crippen molar-refractivity contribution in [3.63, 3.8) is 0 Å². The molecule has 1 amide bonds. The smallest absolute Gasteiger partial charge is 0.423 e. The number of fused-ring (bicyclic) bond motifs is 1. The molecule has 0 bridgehead atoms. The van der Waals surface area contributed by atoms with Crippen LogP contribution in [-0.4, -0.2) is 34.5 Å². The molecule has 0 aliphatic carbocycles. The van der Waals surface area contributed by atoms with Gasteiger partial charge in [0.15, 0.2) is 0 Å². The molecule has 0 aromatic heterocycles. The molecular weight excluding hydrogens is 205 g/mol. The van der Waals surface area contributed by atoms with E-state index in [0.717, 1.165) is 12.0 Å².